The number of hydrogen-bond donors (Lipinski definition) is 1. The monoisotopic (exact) mass is 421 g/mol. The molecule has 1 atom stereocenters. The Balaban J connectivity index is 1.63. The molecule has 1 aliphatic carbocycles. The third-order valence-electron chi connectivity index (χ3n) is 6.12. The second-order valence-corrected chi connectivity index (χ2v) is 9.34. The predicted molar refractivity (Wildman–Crippen MR) is 113 cm³/mol. The van der Waals surface area contributed by atoms with Crippen molar-refractivity contribution in [3.63, 3.8) is 0 Å². The molecule has 1 unspecified atom stereocenters. The molecular weight excluding hydrogens is 390 g/mol. The van der Waals surface area contributed by atoms with Crippen LogP contribution in [-0.2, 0) is 27.2 Å². The molecule has 1 aromatic heterocycles. The third-order valence-corrected chi connectivity index (χ3v) is 7.29. The van der Waals surface area contributed by atoms with Gasteiger partial charge in [0, 0.05) is 38.0 Å². The number of likely N-dealkylation sites (tertiary alicyclic amines) is 1. The summed E-state index contributed by atoms with van der Waals surface area (Å²) >= 11 is 1.51. The van der Waals surface area contributed by atoms with Crippen LogP contribution in [0.5, 0.6) is 0 Å². The van der Waals surface area contributed by atoms with Gasteiger partial charge in [-0.3, -0.25) is 14.5 Å². The van der Waals surface area contributed by atoms with E-state index in [2.05, 4.69) is 17.1 Å². The highest BCUT2D eigenvalue weighted by Gasteiger charge is 2.30. The summed E-state index contributed by atoms with van der Waals surface area (Å²) in [6.45, 7) is 5.64. The maximum Gasteiger partial charge on any atom is 0.341 e. The number of anilines is 1. The van der Waals surface area contributed by atoms with Crippen molar-refractivity contribution < 1.29 is 19.1 Å². The summed E-state index contributed by atoms with van der Waals surface area (Å²) in [7, 11) is 3.22. The Morgan fingerprint density at radius 1 is 1.24 bits per heavy atom. The number of esters is 1. The zero-order valence-electron chi connectivity index (χ0n) is 17.7. The highest BCUT2D eigenvalue weighted by Crippen LogP contribution is 2.40. The first-order valence-corrected chi connectivity index (χ1v) is 11.1. The zero-order chi connectivity index (χ0) is 21.1. The summed E-state index contributed by atoms with van der Waals surface area (Å²) in [4.78, 5) is 41.7. The van der Waals surface area contributed by atoms with Crippen LogP contribution in [-0.4, -0.2) is 67.4 Å². The van der Waals surface area contributed by atoms with E-state index in [-0.39, 0.29) is 30.4 Å². The lowest BCUT2D eigenvalue weighted by atomic mass is 9.88. The highest BCUT2D eigenvalue weighted by atomic mass is 32.1. The van der Waals surface area contributed by atoms with E-state index >= 15 is 0 Å². The quantitative estimate of drug-likeness (QED) is 0.739. The van der Waals surface area contributed by atoms with E-state index in [1.165, 1.54) is 23.3 Å². The number of hydrogen-bond acceptors (Lipinski definition) is 6. The average molecular weight is 422 g/mol. The normalized spacial score (nSPS) is 20.1. The third kappa shape index (κ3) is 4.98. The molecular formula is C21H31N3O4S. The Bertz CT molecular complexity index is 783. The van der Waals surface area contributed by atoms with Gasteiger partial charge in [-0.05, 0) is 43.6 Å². The molecule has 0 bridgehead atoms. The number of fused-ring (bicyclic) bond motifs is 1. The smallest absolute Gasteiger partial charge is 0.341 e. The SMILES string of the molecule is COC(=O)c1c(NC(=O)CN2CCC(N(C)C(C)=O)CC2)sc2c1CCC(C)C2. The minimum atomic E-state index is -0.375. The number of thiophene rings is 1. The van der Waals surface area contributed by atoms with E-state index in [4.69, 9.17) is 4.74 Å². The molecule has 1 N–H and O–H groups in total. The van der Waals surface area contributed by atoms with E-state index in [1.54, 1.807) is 11.8 Å². The lowest BCUT2D eigenvalue weighted by Gasteiger charge is -2.36. The molecule has 7 nitrogen and oxygen atoms in total. The molecule has 8 heteroatoms. The Hall–Kier alpha value is -1.93. The van der Waals surface area contributed by atoms with Crippen molar-refractivity contribution in [1.29, 1.82) is 0 Å². The predicted octanol–water partition coefficient (Wildman–Crippen LogP) is 2.54. The largest absolute Gasteiger partial charge is 0.465 e. The van der Waals surface area contributed by atoms with Crippen molar-refractivity contribution in [2.75, 3.05) is 39.1 Å². The van der Waals surface area contributed by atoms with Gasteiger partial charge >= 0.3 is 5.97 Å². The average Bonchev–Trinajstić information content (AvgIpc) is 3.03. The zero-order valence-corrected chi connectivity index (χ0v) is 18.6. The Morgan fingerprint density at radius 3 is 2.55 bits per heavy atom. The van der Waals surface area contributed by atoms with Crippen molar-refractivity contribution in [1.82, 2.24) is 9.80 Å². The standard InChI is InChI=1S/C21H31N3O4S/c1-13-5-6-16-17(11-13)29-20(19(16)21(27)28-4)22-18(26)12-24-9-7-15(8-10-24)23(3)14(2)25/h13,15H,5-12H2,1-4H3,(H,22,26). The number of rotatable bonds is 5. The molecule has 1 saturated heterocycles. The molecule has 2 aliphatic rings. The number of nitrogens with one attached hydrogen (secondary N) is 1. The number of ether oxygens (including phenoxy) is 1. The second kappa shape index (κ2) is 9.26. The molecule has 1 fully saturated rings. The van der Waals surface area contributed by atoms with Crippen LogP contribution in [0.4, 0.5) is 5.00 Å². The molecule has 1 aromatic rings. The van der Waals surface area contributed by atoms with Crippen LogP contribution in [0.1, 0.15) is 53.9 Å². The van der Waals surface area contributed by atoms with Gasteiger partial charge in [0.1, 0.15) is 5.00 Å². The molecule has 0 spiro atoms. The summed E-state index contributed by atoms with van der Waals surface area (Å²) in [6.07, 6.45) is 4.57. The summed E-state index contributed by atoms with van der Waals surface area (Å²) in [6, 6.07) is 0.240. The molecule has 1 aliphatic heterocycles. The number of piperidine rings is 1. The molecule has 29 heavy (non-hydrogen) atoms. The maximum atomic E-state index is 12.7. The summed E-state index contributed by atoms with van der Waals surface area (Å²) in [5.41, 5.74) is 1.58. The van der Waals surface area contributed by atoms with Crippen molar-refractivity contribution in [2.24, 2.45) is 5.92 Å². The molecule has 0 saturated carbocycles. The highest BCUT2D eigenvalue weighted by molar-refractivity contribution is 7.17. The van der Waals surface area contributed by atoms with Crippen LogP contribution in [0.2, 0.25) is 0 Å². The first-order valence-electron chi connectivity index (χ1n) is 10.3. The van der Waals surface area contributed by atoms with E-state index < -0.39 is 0 Å². The number of nitrogens with zero attached hydrogens (tertiary/aromatic N) is 2. The Morgan fingerprint density at radius 2 is 1.93 bits per heavy atom. The number of carbonyl (C=O) groups is 3. The number of carbonyl (C=O) groups excluding carboxylic acids is 3. The summed E-state index contributed by atoms with van der Waals surface area (Å²) < 4.78 is 4.99. The topological polar surface area (TPSA) is 79.0 Å². The fraction of sp³-hybridized carbons (Fsp3) is 0.667. The fourth-order valence-electron chi connectivity index (χ4n) is 4.25. The van der Waals surface area contributed by atoms with Crippen LogP contribution < -0.4 is 5.32 Å². The lowest BCUT2D eigenvalue weighted by Crippen LogP contribution is -2.46. The first-order chi connectivity index (χ1) is 13.8. The fourth-order valence-corrected chi connectivity index (χ4v) is 5.66. The van der Waals surface area contributed by atoms with E-state index in [1.807, 2.05) is 7.05 Å². The van der Waals surface area contributed by atoms with E-state index in [9.17, 15) is 14.4 Å². The van der Waals surface area contributed by atoms with Gasteiger partial charge in [0.15, 0.2) is 0 Å². The minimum absolute atomic E-state index is 0.0764. The van der Waals surface area contributed by atoms with Gasteiger partial charge in [0.05, 0.1) is 19.2 Å². The van der Waals surface area contributed by atoms with Crippen LogP contribution in [0.3, 0.4) is 0 Å². The van der Waals surface area contributed by atoms with Gasteiger partial charge < -0.3 is 15.0 Å². The van der Waals surface area contributed by atoms with Gasteiger partial charge in [-0.1, -0.05) is 6.92 Å². The van der Waals surface area contributed by atoms with Crippen LogP contribution in [0.25, 0.3) is 0 Å². The maximum absolute atomic E-state index is 12.7. The number of amides is 2. The first kappa shape index (κ1) is 21.8. The van der Waals surface area contributed by atoms with Gasteiger partial charge in [0.25, 0.3) is 0 Å². The number of methoxy groups -OCH3 is 1. The van der Waals surface area contributed by atoms with Crippen LogP contribution in [0, 0.1) is 5.92 Å². The molecule has 2 amide bonds. The van der Waals surface area contributed by atoms with Gasteiger partial charge in [-0.25, -0.2) is 4.79 Å². The van der Waals surface area contributed by atoms with Gasteiger partial charge in [-0.2, -0.15) is 0 Å². The Kier molecular flexibility index (Phi) is 6.95. The lowest BCUT2D eigenvalue weighted by molar-refractivity contribution is -0.130. The molecule has 0 aromatic carbocycles. The van der Waals surface area contributed by atoms with Crippen molar-refractivity contribution >= 4 is 34.1 Å². The molecule has 3 rings (SSSR count). The summed E-state index contributed by atoms with van der Waals surface area (Å²) in [5, 5.41) is 3.59. The van der Waals surface area contributed by atoms with Crippen LogP contribution >= 0.6 is 11.3 Å². The van der Waals surface area contributed by atoms with Crippen LogP contribution in [0.15, 0.2) is 0 Å². The van der Waals surface area contributed by atoms with Gasteiger partial charge in [-0.15, -0.1) is 11.3 Å². The molecule has 2 heterocycles. The minimum Gasteiger partial charge on any atom is -0.465 e. The summed E-state index contributed by atoms with van der Waals surface area (Å²) in [5.74, 6) is 0.178. The van der Waals surface area contributed by atoms with Gasteiger partial charge in [0.2, 0.25) is 11.8 Å². The second-order valence-electron chi connectivity index (χ2n) is 8.23. The Labute approximate surface area is 176 Å². The molecule has 0 radical (unpaired) electrons. The van der Waals surface area contributed by atoms with Crippen molar-refractivity contribution in [3.05, 3.63) is 16.0 Å². The van der Waals surface area contributed by atoms with E-state index in [0.717, 1.165) is 50.8 Å². The molecule has 160 valence electrons. The van der Waals surface area contributed by atoms with E-state index in [0.29, 0.717) is 16.5 Å². The van der Waals surface area contributed by atoms with Crippen molar-refractivity contribution in [2.45, 2.75) is 52.0 Å². The van der Waals surface area contributed by atoms with Crippen molar-refractivity contribution in [3.8, 4) is 0 Å².